The first kappa shape index (κ1) is 33.4. The Morgan fingerprint density at radius 2 is 1.35 bits per heavy atom. The third-order valence-electron chi connectivity index (χ3n) is 8.35. The van der Waals surface area contributed by atoms with Gasteiger partial charge in [0, 0.05) is 45.9 Å². The molecule has 2 aliphatic rings. The summed E-state index contributed by atoms with van der Waals surface area (Å²) in [6, 6.07) is 16.3. The largest absolute Gasteiger partial charge is 0.492 e. The van der Waals surface area contributed by atoms with Crippen molar-refractivity contribution in [3.63, 3.8) is 0 Å². The van der Waals surface area contributed by atoms with E-state index in [9.17, 15) is 9.59 Å². The van der Waals surface area contributed by atoms with Crippen LogP contribution in [0.4, 0.5) is 0 Å². The van der Waals surface area contributed by atoms with Gasteiger partial charge < -0.3 is 33.2 Å². The van der Waals surface area contributed by atoms with E-state index in [4.69, 9.17) is 33.2 Å². The van der Waals surface area contributed by atoms with Crippen molar-refractivity contribution in [3.8, 4) is 23.0 Å². The first-order valence-corrected chi connectivity index (χ1v) is 15.7. The van der Waals surface area contributed by atoms with E-state index in [1.54, 1.807) is 25.3 Å². The molecule has 3 aromatic rings. The number of ketones is 2. The number of Topliss-reactive ketones (excluding diaryl/α,β-unsaturated/α-hetero) is 1. The molecule has 0 radical (unpaired) electrons. The molecule has 0 N–H and O–H groups in total. The van der Waals surface area contributed by atoms with Crippen molar-refractivity contribution in [1.82, 2.24) is 4.90 Å². The van der Waals surface area contributed by atoms with Crippen molar-refractivity contribution in [3.05, 3.63) is 82.4 Å². The molecular formula is C36H43NO9. The van der Waals surface area contributed by atoms with E-state index < -0.39 is 0 Å². The van der Waals surface area contributed by atoms with Crippen LogP contribution < -0.4 is 18.9 Å². The van der Waals surface area contributed by atoms with Crippen LogP contribution in [0.1, 0.15) is 69.0 Å². The van der Waals surface area contributed by atoms with Crippen LogP contribution in [0.3, 0.4) is 0 Å². The smallest absolute Gasteiger partial charge is 0.197 e. The summed E-state index contributed by atoms with van der Waals surface area (Å²) in [6.07, 6.45) is 4.44. The van der Waals surface area contributed by atoms with Crippen molar-refractivity contribution >= 4 is 11.6 Å². The summed E-state index contributed by atoms with van der Waals surface area (Å²) in [5.41, 5.74) is 2.67. The monoisotopic (exact) mass is 633 g/mol. The molecule has 1 fully saturated rings. The van der Waals surface area contributed by atoms with Gasteiger partial charge in [0.25, 0.3) is 0 Å². The molecule has 1 heterocycles. The summed E-state index contributed by atoms with van der Waals surface area (Å²) in [7, 11) is 4.57. The molecular weight excluding hydrogens is 590 g/mol. The summed E-state index contributed by atoms with van der Waals surface area (Å²) in [4.78, 5) is 30.5. The van der Waals surface area contributed by atoms with Crippen LogP contribution in [-0.2, 0) is 20.6 Å². The van der Waals surface area contributed by atoms with Crippen LogP contribution in [0.2, 0.25) is 0 Å². The minimum Gasteiger partial charge on any atom is -0.492 e. The molecule has 1 aliphatic carbocycles. The lowest BCUT2D eigenvalue weighted by atomic mass is 9.76. The van der Waals surface area contributed by atoms with Gasteiger partial charge in [-0.15, -0.1) is 0 Å². The third kappa shape index (κ3) is 8.24. The SMILES string of the molecule is COCOc1ccc(C2CC(=O)c3c(OCOC)cc(OCOC)c(C(=O)c4ccc(OCCN5CCCCC5)cc4)c3C2)cc1. The summed E-state index contributed by atoms with van der Waals surface area (Å²) < 4.78 is 38.7. The first-order valence-electron chi connectivity index (χ1n) is 15.7. The van der Waals surface area contributed by atoms with Gasteiger partial charge in [-0.25, -0.2) is 0 Å². The fraction of sp³-hybridized carbons (Fsp3) is 0.444. The topological polar surface area (TPSA) is 102 Å². The fourth-order valence-corrected chi connectivity index (χ4v) is 6.08. The number of nitrogens with zero attached hydrogens (tertiary/aromatic N) is 1. The second kappa shape index (κ2) is 16.6. The van der Waals surface area contributed by atoms with Crippen LogP contribution >= 0.6 is 0 Å². The number of hydrogen-bond donors (Lipinski definition) is 0. The Morgan fingerprint density at radius 1 is 0.739 bits per heavy atom. The highest BCUT2D eigenvalue weighted by Crippen LogP contribution is 2.43. The van der Waals surface area contributed by atoms with E-state index in [2.05, 4.69) is 4.90 Å². The molecule has 0 bridgehead atoms. The maximum absolute atomic E-state index is 14.3. The zero-order chi connectivity index (χ0) is 32.3. The summed E-state index contributed by atoms with van der Waals surface area (Å²) in [5, 5.41) is 0. The van der Waals surface area contributed by atoms with Crippen molar-refractivity contribution in [2.75, 3.05) is 67.9 Å². The Bertz CT molecular complexity index is 1450. The van der Waals surface area contributed by atoms with Crippen LogP contribution in [0.5, 0.6) is 23.0 Å². The van der Waals surface area contributed by atoms with Gasteiger partial charge in [-0.2, -0.15) is 0 Å². The average Bonchev–Trinajstić information content (AvgIpc) is 3.09. The molecule has 1 unspecified atom stereocenters. The van der Waals surface area contributed by atoms with Crippen LogP contribution in [0.25, 0.3) is 0 Å². The summed E-state index contributed by atoms with van der Waals surface area (Å²) in [5.74, 6) is 1.38. The summed E-state index contributed by atoms with van der Waals surface area (Å²) >= 11 is 0. The minimum atomic E-state index is -0.266. The second-order valence-corrected chi connectivity index (χ2v) is 11.5. The molecule has 0 amide bonds. The highest BCUT2D eigenvalue weighted by molar-refractivity contribution is 6.15. The summed E-state index contributed by atoms with van der Waals surface area (Å²) in [6.45, 7) is 3.67. The van der Waals surface area contributed by atoms with Gasteiger partial charge >= 0.3 is 0 Å². The van der Waals surface area contributed by atoms with E-state index >= 15 is 0 Å². The van der Waals surface area contributed by atoms with E-state index in [0.29, 0.717) is 52.5 Å². The maximum atomic E-state index is 14.3. The van der Waals surface area contributed by atoms with Crippen molar-refractivity contribution < 1.29 is 42.7 Å². The van der Waals surface area contributed by atoms with Crippen LogP contribution in [0.15, 0.2) is 54.6 Å². The number of carbonyl (C=O) groups excluding carboxylic acids is 2. The number of likely N-dealkylation sites (tertiary alicyclic amines) is 1. The standard InChI is InChI=1S/C36H43NO9/c1-40-22-44-29-11-7-25(8-12-29)27-19-30-34(31(38)20-27)32(45-23-41-2)21-33(46-24-42-3)35(30)36(39)26-9-13-28(14-10-26)43-18-17-37-15-5-4-6-16-37/h7-14,21,27H,4-6,15-20,22-24H2,1-3H3. The second-order valence-electron chi connectivity index (χ2n) is 11.5. The van der Waals surface area contributed by atoms with Gasteiger partial charge in [-0.3, -0.25) is 14.5 Å². The van der Waals surface area contributed by atoms with Crippen molar-refractivity contribution in [1.29, 1.82) is 0 Å². The zero-order valence-electron chi connectivity index (χ0n) is 26.9. The van der Waals surface area contributed by atoms with Gasteiger partial charge in [0.1, 0.15) is 29.6 Å². The number of methoxy groups -OCH3 is 3. The Labute approximate surface area is 270 Å². The molecule has 10 heteroatoms. The average molecular weight is 634 g/mol. The molecule has 1 saturated heterocycles. The van der Waals surface area contributed by atoms with E-state index in [1.165, 1.54) is 33.5 Å². The quantitative estimate of drug-likeness (QED) is 0.145. The molecule has 10 nitrogen and oxygen atoms in total. The molecule has 0 aromatic heterocycles. The molecule has 5 rings (SSSR count). The van der Waals surface area contributed by atoms with E-state index in [1.807, 2.05) is 36.4 Å². The zero-order valence-corrected chi connectivity index (χ0v) is 26.9. The molecule has 0 saturated carbocycles. The van der Waals surface area contributed by atoms with E-state index in [-0.39, 0.29) is 50.0 Å². The number of rotatable bonds is 16. The van der Waals surface area contributed by atoms with Crippen LogP contribution in [-0.4, -0.2) is 84.4 Å². The maximum Gasteiger partial charge on any atom is 0.197 e. The predicted octanol–water partition coefficient (Wildman–Crippen LogP) is 5.64. The Hall–Kier alpha value is -3.96. The number of carbonyl (C=O) groups is 2. The highest BCUT2D eigenvalue weighted by atomic mass is 16.7. The molecule has 3 aromatic carbocycles. The molecule has 246 valence electrons. The number of piperidine rings is 1. The lowest BCUT2D eigenvalue weighted by Crippen LogP contribution is -2.33. The molecule has 1 atom stereocenters. The third-order valence-corrected chi connectivity index (χ3v) is 8.35. The van der Waals surface area contributed by atoms with Gasteiger partial charge in [-0.05, 0) is 85.8 Å². The van der Waals surface area contributed by atoms with Crippen molar-refractivity contribution in [2.45, 2.75) is 38.0 Å². The highest BCUT2D eigenvalue weighted by Gasteiger charge is 2.35. The number of hydrogen-bond acceptors (Lipinski definition) is 10. The normalized spacial score (nSPS) is 16.5. The molecule has 1 aliphatic heterocycles. The number of fused-ring (bicyclic) bond motifs is 1. The van der Waals surface area contributed by atoms with Crippen molar-refractivity contribution in [2.24, 2.45) is 0 Å². The van der Waals surface area contributed by atoms with Gasteiger partial charge in [0.2, 0.25) is 0 Å². The number of benzene rings is 3. The lowest BCUT2D eigenvalue weighted by Gasteiger charge is -2.29. The van der Waals surface area contributed by atoms with Gasteiger partial charge in [-0.1, -0.05) is 18.6 Å². The Kier molecular flexibility index (Phi) is 12.0. The van der Waals surface area contributed by atoms with E-state index in [0.717, 1.165) is 25.2 Å². The molecule has 46 heavy (non-hydrogen) atoms. The Morgan fingerprint density at radius 3 is 2.02 bits per heavy atom. The van der Waals surface area contributed by atoms with Gasteiger partial charge in [0.05, 0.1) is 11.1 Å². The lowest BCUT2D eigenvalue weighted by molar-refractivity contribution is 0.0448. The number of ether oxygens (including phenoxy) is 7. The Balaban J connectivity index is 1.45. The molecule has 0 spiro atoms. The first-order chi connectivity index (χ1) is 22.5. The van der Waals surface area contributed by atoms with Crippen LogP contribution in [0, 0.1) is 0 Å². The predicted molar refractivity (Wildman–Crippen MR) is 171 cm³/mol. The fourth-order valence-electron chi connectivity index (χ4n) is 6.08. The van der Waals surface area contributed by atoms with Gasteiger partial charge in [0.15, 0.2) is 31.9 Å². The minimum absolute atomic E-state index is 0.0671.